The van der Waals surface area contributed by atoms with E-state index in [-0.39, 0.29) is 0 Å². The topological polar surface area (TPSA) is 38.1 Å². The Kier molecular flexibility index (Phi) is 2.74. The van der Waals surface area contributed by atoms with Gasteiger partial charge in [0.05, 0.1) is 11.0 Å². The first kappa shape index (κ1) is 12.5. The molecule has 1 aromatic heterocycles. The molecule has 1 N–H and O–H groups in total. The minimum Gasteiger partial charge on any atom is -0.508 e. The highest BCUT2D eigenvalue weighted by atomic mass is 16.3. The summed E-state index contributed by atoms with van der Waals surface area (Å²) in [5.41, 5.74) is 4.66. The van der Waals surface area contributed by atoms with Crippen molar-refractivity contribution in [3.05, 3.63) is 59.4 Å². The van der Waals surface area contributed by atoms with Crippen molar-refractivity contribution in [2.24, 2.45) is 0 Å². The third-order valence-electron chi connectivity index (χ3n) is 4.10. The summed E-state index contributed by atoms with van der Waals surface area (Å²) in [5, 5.41) is 9.63. The molecule has 0 saturated heterocycles. The molecule has 3 aromatic rings. The van der Waals surface area contributed by atoms with Gasteiger partial charge in [-0.1, -0.05) is 18.2 Å². The monoisotopic (exact) mass is 278 g/mol. The number of hydrogen-bond acceptors (Lipinski definition) is 2. The van der Waals surface area contributed by atoms with Crippen LogP contribution in [0.4, 0.5) is 0 Å². The fourth-order valence-corrected chi connectivity index (χ4v) is 2.97. The summed E-state index contributed by atoms with van der Waals surface area (Å²) in [6.45, 7) is 2.10. The lowest BCUT2D eigenvalue weighted by Gasteiger charge is -2.08. The predicted octanol–water partition coefficient (Wildman–Crippen LogP) is 3.98. The molecule has 0 unspecified atom stereocenters. The number of phenolic OH excluding ortho intramolecular Hbond substituents is 1. The molecule has 106 valence electrons. The number of fused-ring (bicyclic) bond motifs is 1. The van der Waals surface area contributed by atoms with Gasteiger partial charge in [0.15, 0.2) is 0 Å². The highest BCUT2D eigenvalue weighted by Gasteiger charge is 2.28. The quantitative estimate of drug-likeness (QED) is 0.787. The second kappa shape index (κ2) is 4.62. The molecule has 1 saturated carbocycles. The Bertz CT molecular complexity index is 815. The molecule has 0 aliphatic heterocycles. The van der Waals surface area contributed by atoms with Crippen molar-refractivity contribution in [1.29, 1.82) is 0 Å². The summed E-state index contributed by atoms with van der Waals surface area (Å²) in [7, 11) is 0. The van der Waals surface area contributed by atoms with Crippen molar-refractivity contribution in [2.45, 2.75) is 32.2 Å². The molecule has 0 spiro atoms. The smallest absolute Gasteiger partial charge is 0.115 e. The molecule has 3 nitrogen and oxygen atoms in total. The maximum absolute atomic E-state index is 9.63. The summed E-state index contributed by atoms with van der Waals surface area (Å²) in [4.78, 5) is 4.84. The van der Waals surface area contributed by atoms with Crippen LogP contribution in [0, 0.1) is 6.92 Å². The van der Waals surface area contributed by atoms with E-state index < -0.39 is 0 Å². The molecule has 4 rings (SSSR count). The highest BCUT2D eigenvalue weighted by molar-refractivity contribution is 5.77. The van der Waals surface area contributed by atoms with E-state index in [1.165, 1.54) is 23.9 Å². The predicted molar refractivity (Wildman–Crippen MR) is 83.7 cm³/mol. The molecule has 1 aliphatic rings. The molecule has 3 heteroatoms. The molecule has 0 atom stereocenters. The fraction of sp³-hybridized carbons (Fsp3) is 0.278. The third-order valence-corrected chi connectivity index (χ3v) is 4.10. The average Bonchev–Trinajstić information content (AvgIpc) is 3.21. The Labute approximate surface area is 123 Å². The van der Waals surface area contributed by atoms with Gasteiger partial charge in [0.1, 0.15) is 11.6 Å². The van der Waals surface area contributed by atoms with Gasteiger partial charge in [0.2, 0.25) is 0 Å². The van der Waals surface area contributed by atoms with Crippen LogP contribution >= 0.6 is 0 Å². The summed E-state index contributed by atoms with van der Waals surface area (Å²) >= 11 is 0. The number of rotatable bonds is 3. The lowest BCUT2D eigenvalue weighted by atomic mass is 10.1. The van der Waals surface area contributed by atoms with E-state index in [1.807, 2.05) is 18.2 Å². The molecular weight excluding hydrogens is 260 g/mol. The molecule has 21 heavy (non-hydrogen) atoms. The number of nitrogens with zero attached hydrogens (tertiary/aromatic N) is 2. The van der Waals surface area contributed by atoms with E-state index in [1.54, 1.807) is 6.07 Å². The molecule has 1 heterocycles. The van der Waals surface area contributed by atoms with Crippen LogP contribution in [-0.4, -0.2) is 14.7 Å². The van der Waals surface area contributed by atoms with Gasteiger partial charge in [0.25, 0.3) is 0 Å². The van der Waals surface area contributed by atoms with E-state index in [4.69, 9.17) is 4.98 Å². The normalized spacial score (nSPS) is 14.7. The minimum absolute atomic E-state index is 0.317. The standard InChI is InChI=1S/C18H18N2O/c1-12-5-8-17-16(9-12)19-18(20(17)14-6-7-14)11-13-3-2-4-15(21)10-13/h2-5,8-10,14,21H,6-7,11H2,1H3. The maximum atomic E-state index is 9.63. The lowest BCUT2D eigenvalue weighted by molar-refractivity contribution is 0.474. The summed E-state index contributed by atoms with van der Waals surface area (Å²) in [6, 6.07) is 14.5. The zero-order valence-electron chi connectivity index (χ0n) is 12.1. The van der Waals surface area contributed by atoms with Gasteiger partial charge in [-0.2, -0.15) is 0 Å². The van der Waals surface area contributed by atoms with E-state index in [0.29, 0.717) is 11.8 Å². The molecule has 2 aromatic carbocycles. The van der Waals surface area contributed by atoms with Gasteiger partial charge in [-0.25, -0.2) is 4.98 Å². The lowest BCUT2D eigenvalue weighted by Crippen LogP contribution is -2.02. The molecule has 1 fully saturated rings. The van der Waals surface area contributed by atoms with Crippen molar-refractivity contribution in [3.63, 3.8) is 0 Å². The zero-order valence-corrected chi connectivity index (χ0v) is 12.1. The third kappa shape index (κ3) is 2.29. The average molecular weight is 278 g/mol. The van der Waals surface area contributed by atoms with Crippen molar-refractivity contribution >= 4 is 11.0 Å². The van der Waals surface area contributed by atoms with Crippen molar-refractivity contribution < 1.29 is 5.11 Å². The van der Waals surface area contributed by atoms with Gasteiger partial charge in [-0.3, -0.25) is 0 Å². The van der Waals surface area contributed by atoms with Gasteiger partial charge in [0, 0.05) is 12.5 Å². The van der Waals surface area contributed by atoms with Gasteiger partial charge in [-0.05, 0) is 55.2 Å². The maximum Gasteiger partial charge on any atom is 0.115 e. The number of hydrogen-bond donors (Lipinski definition) is 1. The van der Waals surface area contributed by atoms with Gasteiger partial charge >= 0.3 is 0 Å². The van der Waals surface area contributed by atoms with Crippen LogP contribution in [0.2, 0.25) is 0 Å². The first-order valence-corrected chi connectivity index (χ1v) is 7.46. The van der Waals surface area contributed by atoms with Gasteiger partial charge in [-0.15, -0.1) is 0 Å². The Hall–Kier alpha value is -2.29. The largest absolute Gasteiger partial charge is 0.508 e. The van der Waals surface area contributed by atoms with E-state index in [0.717, 1.165) is 23.3 Å². The van der Waals surface area contributed by atoms with Crippen LogP contribution in [0.3, 0.4) is 0 Å². The molecule has 0 radical (unpaired) electrons. The SMILES string of the molecule is Cc1ccc2c(c1)nc(Cc1cccc(O)c1)n2C1CC1. The van der Waals surface area contributed by atoms with Crippen LogP contribution in [-0.2, 0) is 6.42 Å². The number of benzene rings is 2. The number of phenols is 1. The van der Waals surface area contributed by atoms with Crippen molar-refractivity contribution in [2.75, 3.05) is 0 Å². The van der Waals surface area contributed by atoms with Crippen LogP contribution in [0.25, 0.3) is 11.0 Å². The van der Waals surface area contributed by atoms with Crippen molar-refractivity contribution in [1.82, 2.24) is 9.55 Å². The molecule has 0 amide bonds. The molecule has 1 aliphatic carbocycles. The Morgan fingerprint density at radius 3 is 2.81 bits per heavy atom. The molecule has 0 bridgehead atoms. The number of aromatic hydroxyl groups is 1. The first-order valence-electron chi connectivity index (χ1n) is 7.46. The van der Waals surface area contributed by atoms with E-state index >= 15 is 0 Å². The Morgan fingerprint density at radius 2 is 2.05 bits per heavy atom. The highest BCUT2D eigenvalue weighted by Crippen LogP contribution is 2.39. The van der Waals surface area contributed by atoms with Crippen LogP contribution in [0.1, 0.15) is 35.8 Å². The minimum atomic E-state index is 0.317. The van der Waals surface area contributed by atoms with Crippen LogP contribution < -0.4 is 0 Å². The summed E-state index contributed by atoms with van der Waals surface area (Å²) in [6.07, 6.45) is 3.25. The van der Waals surface area contributed by atoms with E-state index in [2.05, 4.69) is 29.7 Å². The van der Waals surface area contributed by atoms with Crippen LogP contribution in [0.5, 0.6) is 5.75 Å². The number of aromatic nitrogens is 2. The Morgan fingerprint density at radius 1 is 1.19 bits per heavy atom. The second-order valence-electron chi connectivity index (χ2n) is 5.97. The summed E-state index contributed by atoms with van der Waals surface area (Å²) < 4.78 is 2.39. The molecular formula is C18H18N2O. The van der Waals surface area contributed by atoms with Crippen LogP contribution in [0.15, 0.2) is 42.5 Å². The first-order chi connectivity index (χ1) is 10.2. The van der Waals surface area contributed by atoms with Crippen molar-refractivity contribution in [3.8, 4) is 5.75 Å². The summed E-state index contributed by atoms with van der Waals surface area (Å²) in [5.74, 6) is 1.42. The number of aryl methyl sites for hydroxylation is 1. The number of imidazole rings is 1. The second-order valence-corrected chi connectivity index (χ2v) is 5.97. The fourth-order valence-electron chi connectivity index (χ4n) is 2.97. The Balaban J connectivity index is 1.82. The van der Waals surface area contributed by atoms with Gasteiger partial charge < -0.3 is 9.67 Å². The zero-order chi connectivity index (χ0) is 14.4. The van der Waals surface area contributed by atoms with E-state index in [9.17, 15) is 5.11 Å².